The van der Waals surface area contributed by atoms with Crippen molar-refractivity contribution in [2.45, 2.75) is 127 Å². The number of alkyl carbamates (subject to hydrolysis) is 1. The summed E-state index contributed by atoms with van der Waals surface area (Å²) < 4.78 is 53.1. The minimum Gasteiger partial charge on any atom is -0.495 e. The molecule has 17 heteroatoms. The molecule has 1 aromatic carbocycles. The molecule has 4 amide bonds. The number of nitrogens with one attached hydrogen (secondary N) is 3. The fraction of sp³-hybridized carbons (Fsp3) is 0.643. The van der Waals surface area contributed by atoms with Gasteiger partial charge in [-0.3, -0.25) is 19.1 Å². The molecule has 7 rings (SSSR count). The third-order valence-corrected chi connectivity index (χ3v) is 15.3. The van der Waals surface area contributed by atoms with E-state index in [4.69, 9.17) is 23.9 Å². The van der Waals surface area contributed by atoms with E-state index in [1.54, 1.807) is 13.2 Å². The number of carbonyl (C=O) groups excluding carboxylic acids is 4. The van der Waals surface area contributed by atoms with Crippen molar-refractivity contribution in [2.75, 3.05) is 26.9 Å². The zero-order valence-electron chi connectivity index (χ0n) is 34.3. The van der Waals surface area contributed by atoms with E-state index in [9.17, 15) is 27.6 Å². The molecule has 59 heavy (non-hydrogen) atoms. The number of benzene rings is 1. The highest BCUT2D eigenvalue weighted by Crippen LogP contribution is 2.46. The van der Waals surface area contributed by atoms with Crippen LogP contribution in [0.1, 0.15) is 97.0 Å². The molecule has 3 heterocycles. The maximum atomic E-state index is 15.0. The zero-order chi connectivity index (χ0) is 42.3. The number of pyridine rings is 1. The number of methoxy groups -OCH3 is 1. The number of nitrogens with zero attached hydrogens (tertiary/aromatic N) is 2. The number of ether oxygens (including phenoxy) is 4. The molecule has 5 atom stereocenters. The molecule has 0 spiro atoms. The molecule has 322 valence electrons. The average molecular weight is 950 g/mol. The van der Waals surface area contributed by atoms with Crippen LogP contribution in [0.25, 0.3) is 10.9 Å². The van der Waals surface area contributed by atoms with Gasteiger partial charge in [-0.05, 0) is 104 Å². The third kappa shape index (κ3) is 9.25. The summed E-state index contributed by atoms with van der Waals surface area (Å²) in [4.78, 5) is 63.1. The number of halogens is 1. The Bertz CT molecular complexity index is 2110. The predicted molar refractivity (Wildman–Crippen MR) is 228 cm³/mol. The minimum absolute atomic E-state index is 0.0159. The van der Waals surface area contributed by atoms with Crippen LogP contribution >= 0.6 is 22.6 Å². The normalized spacial score (nSPS) is 27.7. The number of aromatic nitrogens is 1. The van der Waals surface area contributed by atoms with Crippen LogP contribution in [0.2, 0.25) is 0 Å². The second-order valence-electron chi connectivity index (χ2n) is 17.4. The third-order valence-electron chi connectivity index (χ3n) is 12.5. The van der Waals surface area contributed by atoms with Crippen molar-refractivity contribution in [1.29, 1.82) is 0 Å². The molecular weight excluding hydrogens is 893 g/mol. The lowest BCUT2D eigenvalue weighted by atomic mass is 9.83. The molecule has 4 fully saturated rings. The number of aryl methyl sites for hydroxylation is 1. The van der Waals surface area contributed by atoms with Crippen LogP contribution in [-0.2, 0) is 35.6 Å². The predicted octanol–water partition coefficient (Wildman–Crippen LogP) is 5.30. The number of rotatable bonds is 10. The molecule has 3 aliphatic carbocycles. The Morgan fingerprint density at radius 2 is 1.88 bits per heavy atom. The number of carbonyl (C=O) groups is 4. The van der Waals surface area contributed by atoms with Crippen molar-refractivity contribution in [1.82, 2.24) is 25.2 Å². The topological polar surface area (TPSA) is 192 Å². The van der Waals surface area contributed by atoms with Crippen molar-refractivity contribution >= 4 is 67.3 Å². The van der Waals surface area contributed by atoms with Crippen LogP contribution < -0.4 is 29.6 Å². The van der Waals surface area contributed by atoms with Crippen LogP contribution in [0.4, 0.5) is 4.79 Å². The Morgan fingerprint density at radius 1 is 1.14 bits per heavy atom. The lowest BCUT2D eigenvalue weighted by molar-refractivity contribution is -0.142. The maximum Gasteiger partial charge on any atom is 0.407 e. The van der Waals surface area contributed by atoms with E-state index in [1.165, 1.54) is 11.0 Å². The molecule has 15 nitrogen and oxygen atoms in total. The van der Waals surface area contributed by atoms with Crippen molar-refractivity contribution in [3.8, 4) is 17.4 Å². The van der Waals surface area contributed by atoms with Crippen molar-refractivity contribution in [3.05, 3.63) is 33.9 Å². The van der Waals surface area contributed by atoms with Crippen LogP contribution in [0.15, 0.2) is 24.8 Å². The van der Waals surface area contributed by atoms with Gasteiger partial charge < -0.3 is 34.5 Å². The molecule has 2 aliphatic heterocycles. The van der Waals surface area contributed by atoms with Gasteiger partial charge in [-0.15, -0.1) is 6.58 Å². The first-order valence-corrected chi connectivity index (χ1v) is 23.5. The number of fused-ring (bicyclic) bond motifs is 3. The molecule has 0 radical (unpaired) electrons. The van der Waals surface area contributed by atoms with E-state index in [0.29, 0.717) is 61.6 Å². The van der Waals surface area contributed by atoms with Gasteiger partial charge in [0.1, 0.15) is 35.2 Å². The number of hydrogen-bond acceptors (Lipinski definition) is 11. The summed E-state index contributed by atoms with van der Waals surface area (Å²) in [5.74, 6) is -1.15. The molecule has 5 aliphatic rings. The zero-order valence-corrected chi connectivity index (χ0v) is 37.2. The van der Waals surface area contributed by atoms with E-state index in [-0.39, 0.29) is 37.3 Å². The summed E-state index contributed by atoms with van der Waals surface area (Å²) in [6.45, 7) is 10.2. The molecule has 1 unspecified atom stereocenters. The largest absolute Gasteiger partial charge is 0.495 e. The SMILES string of the molecule is C=C[C@@H]1CC1(NC(=O)[C@@H]1C[C@@H]2CN1C(=O)[C@H](C1CCCCC1)NC(=O)OCC(C)(C)CCCc1cc3c(cc(OCC)nc3c(I)c1OC)O2)C(=O)NS(=O)(=O)C1CC1. The molecule has 1 saturated heterocycles. The summed E-state index contributed by atoms with van der Waals surface area (Å²) in [6, 6.07) is 1.61. The molecule has 1 aromatic heterocycles. The highest BCUT2D eigenvalue weighted by atomic mass is 127. The van der Waals surface area contributed by atoms with Gasteiger partial charge in [-0.2, -0.15) is 0 Å². The van der Waals surface area contributed by atoms with Crippen molar-refractivity contribution < 1.29 is 46.5 Å². The first-order valence-electron chi connectivity index (χ1n) is 20.8. The number of cyclic esters (lactones) is 1. The summed E-state index contributed by atoms with van der Waals surface area (Å²) in [5, 5.41) is 5.85. The van der Waals surface area contributed by atoms with E-state index >= 15 is 0 Å². The fourth-order valence-corrected chi connectivity index (χ4v) is 11.2. The van der Waals surface area contributed by atoms with Gasteiger partial charge in [0.2, 0.25) is 27.7 Å². The van der Waals surface area contributed by atoms with Crippen LogP contribution in [0.5, 0.6) is 17.4 Å². The number of amides is 4. The highest BCUT2D eigenvalue weighted by Gasteiger charge is 2.62. The van der Waals surface area contributed by atoms with E-state index < -0.39 is 68.7 Å². The van der Waals surface area contributed by atoms with Crippen molar-refractivity contribution in [3.63, 3.8) is 0 Å². The van der Waals surface area contributed by atoms with Gasteiger partial charge in [-0.25, -0.2) is 18.2 Å². The van der Waals surface area contributed by atoms with E-state index in [1.807, 2.05) is 26.8 Å². The van der Waals surface area contributed by atoms with Gasteiger partial charge in [0.25, 0.3) is 5.91 Å². The van der Waals surface area contributed by atoms with Crippen LogP contribution in [0, 0.1) is 20.8 Å². The average Bonchev–Trinajstić information content (AvgIpc) is 4.13. The number of sulfonamides is 1. The quantitative estimate of drug-likeness (QED) is 0.207. The minimum atomic E-state index is -3.91. The second-order valence-corrected chi connectivity index (χ2v) is 20.5. The maximum absolute atomic E-state index is 15.0. The van der Waals surface area contributed by atoms with E-state index in [0.717, 1.165) is 46.6 Å². The van der Waals surface area contributed by atoms with Gasteiger partial charge in [0.15, 0.2) is 0 Å². The Hall–Kier alpha value is -3.87. The molecule has 3 N–H and O–H groups in total. The Balaban J connectivity index is 1.28. The molecular formula is C42H56IN5O10S. The lowest BCUT2D eigenvalue weighted by Gasteiger charge is -2.35. The molecule has 3 saturated carbocycles. The van der Waals surface area contributed by atoms with Crippen molar-refractivity contribution in [2.24, 2.45) is 17.3 Å². The van der Waals surface area contributed by atoms with Gasteiger partial charge >= 0.3 is 6.09 Å². The molecule has 2 aromatic rings. The van der Waals surface area contributed by atoms with Crippen LogP contribution in [-0.4, -0.2) is 98.0 Å². The molecule has 4 bridgehead atoms. The first-order chi connectivity index (χ1) is 28.1. The fourth-order valence-electron chi connectivity index (χ4n) is 8.89. The van der Waals surface area contributed by atoms with Gasteiger partial charge in [0.05, 0.1) is 41.2 Å². The summed E-state index contributed by atoms with van der Waals surface area (Å²) in [7, 11) is -2.29. The summed E-state index contributed by atoms with van der Waals surface area (Å²) in [6.07, 6.45) is 7.59. The van der Waals surface area contributed by atoms with Gasteiger partial charge in [0, 0.05) is 23.8 Å². The van der Waals surface area contributed by atoms with Crippen LogP contribution in [0.3, 0.4) is 0 Å². The van der Waals surface area contributed by atoms with E-state index in [2.05, 4.69) is 44.5 Å². The Morgan fingerprint density at radius 3 is 2.54 bits per heavy atom. The number of hydrogen-bond donors (Lipinski definition) is 3. The monoisotopic (exact) mass is 949 g/mol. The van der Waals surface area contributed by atoms with Gasteiger partial charge in [-0.1, -0.05) is 39.2 Å². The highest BCUT2D eigenvalue weighted by molar-refractivity contribution is 14.1. The second kappa shape index (κ2) is 17.2. The lowest BCUT2D eigenvalue weighted by Crippen LogP contribution is -2.59. The first kappa shape index (κ1) is 43.2. The summed E-state index contributed by atoms with van der Waals surface area (Å²) >= 11 is 2.23. The standard InChI is InChI=1S/C42H56IN5O10S/c1-6-26-21-42(26,39(51)47-59(53,54)28-15-16-28)46-37(49)30-19-27-22-48(30)38(50)34(24-12-9-8-10-13-24)45-40(52)57-23-41(3,4)17-11-14-25-18-29-31(58-27)20-32(56-7-2)44-35(29)33(43)36(25)55-5/h6,18,20,24,26-28,30,34H,1,7-17,19,21-23H2,2-5H3,(H,45,52)(H,46,49)(H,47,51)/t26-,27-,30+,34+,42?/m1/s1. The Kier molecular flexibility index (Phi) is 12.6. The Labute approximate surface area is 359 Å². The summed E-state index contributed by atoms with van der Waals surface area (Å²) in [5.41, 5.74) is -0.378. The smallest absolute Gasteiger partial charge is 0.407 e.